The zero-order valence-electron chi connectivity index (χ0n) is 31.7. The van der Waals surface area contributed by atoms with Crippen molar-refractivity contribution in [1.29, 1.82) is 0 Å². The highest BCUT2D eigenvalue weighted by atomic mass is 19.1. The van der Waals surface area contributed by atoms with Crippen LogP contribution in [0.4, 0.5) is 10.1 Å². The maximum atomic E-state index is 14.7. The number of aryl methyl sites for hydroxylation is 1. The number of rotatable bonds is 10. The number of aliphatic imine (C=N–C) groups is 1. The molecule has 54 heavy (non-hydrogen) atoms. The van der Waals surface area contributed by atoms with Gasteiger partial charge < -0.3 is 19.5 Å². The Morgan fingerprint density at radius 1 is 0.944 bits per heavy atom. The van der Waals surface area contributed by atoms with E-state index in [4.69, 9.17) is 19.2 Å². The van der Waals surface area contributed by atoms with Gasteiger partial charge in [0.2, 0.25) is 0 Å². The lowest BCUT2D eigenvalue weighted by atomic mass is 9.45. The number of hydrogen-bond acceptors (Lipinski definition) is 9. The monoisotopic (exact) mass is 737 g/mol. The Hall–Kier alpha value is -3.96. The van der Waals surface area contributed by atoms with Crippen molar-refractivity contribution in [3.05, 3.63) is 71.1 Å². The van der Waals surface area contributed by atoms with Gasteiger partial charge in [-0.25, -0.2) is 9.37 Å². The molecule has 0 saturated heterocycles. The molecule has 3 heterocycles. The molecule has 10 nitrogen and oxygen atoms in total. The molecular formula is C43H52FN5O5. The highest BCUT2D eigenvalue weighted by molar-refractivity contribution is 6.21. The van der Waals surface area contributed by atoms with Crippen LogP contribution in [0, 0.1) is 40.3 Å². The number of carbonyl (C=O) groups is 2. The number of aromatic nitrogens is 3. The highest BCUT2D eigenvalue weighted by Crippen LogP contribution is 2.66. The summed E-state index contributed by atoms with van der Waals surface area (Å²) in [6.07, 6.45) is 11.9. The fourth-order valence-electron chi connectivity index (χ4n) is 11.9. The summed E-state index contributed by atoms with van der Waals surface area (Å²) in [5.41, 5.74) is 3.78. The third-order valence-corrected chi connectivity index (χ3v) is 14.7. The van der Waals surface area contributed by atoms with E-state index in [0.29, 0.717) is 71.9 Å². The van der Waals surface area contributed by atoms with Crippen LogP contribution in [0.5, 0.6) is 5.75 Å². The number of nitrogens with zero attached hydrogens (tertiary/aromatic N) is 4. The molecule has 11 heteroatoms. The van der Waals surface area contributed by atoms with Gasteiger partial charge in [0.05, 0.1) is 43.6 Å². The number of halogens is 1. The van der Waals surface area contributed by atoms with E-state index in [-0.39, 0.29) is 35.8 Å². The van der Waals surface area contributed by atoms with Gasteiger partial charge in [0, 0.05) is 36.7 Å². The summed E-state index contributed by atoms with van der Waals surface area (Å²) in [6.45, 7) is 6.99. The molecule has 4 fully saturated rings. The quantitative estimate of drug-likeness (QED) is 0.216. The van der Waals surface area contributed by atoms with E-state index in [9.17, 15) is 14.0 Å². The number of hydrogen-bond donors (Lipinski definition) is 1. The van der Waals surface area contributed by atoms with E-state index in [1.165, 1.54) is 50.6 Å². The van der Waals surface area contributed by atoms with Crippen molar-refractivity contribution in [2.24, 2.45) is 46.5 Å². The first-order chi connectivity index (χ1) is 26.1. The fourth-order valence-corrected chi connectivity index (χ4v) is 11.9. The van der Waals surface area contributed by atoms with Crippen LogP contribution in [0.15, 0.2) is 47.7 Å². The van der Waals surface area contributed by atoms with E-state index in [2.05, 4.69) is 29.2 Å². The SMILES string of the molecule is Cn1ncnc1[C@H]1C2=NCC(=O)c3cc(F)cc(c32)N[C@@H]1c1ccc(OCCOCCO[C@H]2CC[C@H]3[C@@H]4CC[C@H]5CC(=O)CC[C@]5(C)[C@H]4CC[C@]23C)cc1. The lowest BCUT2D eigenvalue weighted by Gasteiger charge is -2.60. The molecule has 0 radical (unpaired) electrons. The smallest absolute Gasteiger partial charge is 0.185 e. The van der Waals surface area contributed by atoms with Crippen LogP contribution in [-0.2, 0) is 21.3 Å². The lowest BCUT2D eigenvalue weighted by molar-refractivity contribution is -0.146. The molecule has 0 unspecified atom stereocenters. The van der Waals surface area contributed by atoms with E-state index in [1.807, 2.05) is 31.3 Å². The third-order valence-electron chi connectivity index (χ3n) is 14.7. The number of fused-ring (bicyclic) bond motifs is 5. The topological polar surface area (TPSA) is 117 Å². The summed E-state index contributed by atoms with van der Waals surface area (Å²) in [4.78, 5) is 34.2. The van der Waals surface area contributed by atoms with Crippen molar-refractivity contribution < 1.29 is 28.2 Å². The molecule has 0 amide bonds. The molecule has 4 aliphatic carbocycles. The van der Waals surface area contributed by atoms with E-state index >= 15 is 0 Å². The van der Waals surface area contributed by atoms with Crippen LogP contribution < -0.4 is 10.1 Å². The van der Waals surface area contributed by atoms with Gasteiger partial charge in [0.25, 0.3) is 0 Å². The molecule has 4 saturated carbocycles. The standard InChI is InChI=1S/C43H52FN5O5/c1-42-14-12-28(50)20-26(42)6-9-30-32-10-11-36(43(32,2)15-13-33(30)42)54-19-17-52-16-18-53-29-7-4-25(5-8-29)39-38(41-46-24-47-49(41)3)40-37-31(35(51)23-45-40)21-27(44)22-34(37)48-39/h4-5,7-8,21-22,24,26,30,32-33,36,38-39,48H,6,9-20,23H2,1-3H3/t26-,30-,32-,33-,36-,38+,39+,42-,43-/m0/s1. The molecule has 286 valence electrons. The van der Waals surface area contributed by atoms with E-state index in [0.717, 1.165) is 54.7 Å². The maximum absolute atomic E-state index is 14.7. The van der Waals surface area contributed by atoms with Crippen LogP contribution in [0.1, 0.15) is 111 Å². The fraction of sp³-hybridized carbons (Fsp3) is 0.605. The van der Waals surface area contributed by atoms with Gasteiger partial charge in [0.1, 0.15) is 42.7 Å². The Kier molecular flexibility index (Phi) is 9.24. The Morgan fingerprint density at radius 2 is 1.76 bits per heavy atom. The molecule has 9 rings (SSSR count). The van der Waals surface area contributed by atoms with Gasteiger partial charge in [-0.2, -0.15) is 5.10 Å². The van der Waals surface area contributed by atoms with Crippen LogP contribution in [-0.4, -0.2) is 71.1 Å². The van der Waals surface area contributed by atoms with Crippen molar-refractivity contribution in [3.63, 3.8) is 0 Å². The number of ketones is 2. The number of Topliss-reactive ketones (excluding diaryl/α,β-unsaturated/α-hetero) is 2. The first-order valence-corrected chi connectivity index (χ1v) is 20.1. The minimum atomic E-state index is -0.463. The molecular weight excluding hydrogens is 686 g/mol. The Balaban J connectivity index is 0.771. The molecule has 1 N–H and O–H groups in total. The maximum Gasteiger partial charge on any atom is 0.185 e. The van der Waals surface area contributed by atoms with Crippen molar-refractivity contribution >= 4 is 23.0 Å². The largest absolute Gasteiger partial charge is 0.491 e. The first kappa shape index (κ1) is 35.7. The second-order valence-electron chi connectivity index (χ2n) is 17.3. The van der Waals surface area contributed by atoms with Crippen molar-refractivity contribution in [3.8, 4) is 5.75 Å². The summed E-state index contributed by atoms with van der Waals surface area (Å²) in [6, 6.07) is 10.3. The normalized spacial score (nSPS) is 33.9. The second kappa shape index (κ2) is 14.0. The van der Waals surface area contributed by atoms with Crippen LogP contribution >= 0.6 is 0 Å². The number of benzene rings is 2. The molecule has 3 aromatic rings. The summed E-state index contributed by atoms with van der Waals surface area (Å²) in [7, 11) is 1.84. The molecule has 0 bridgehead atoms. The summed E-state index contributed by atoms with van der Waals surface area (Å²) in [5, 5.41) is 7.80. The van der Waals surface area contributed by atoms with Crippen molar-refractivity contribution in [2.45, 2.75) is 89.7 Å². The summed E-state index contributed by atoms with van der Waals surface area (Å²) >= 11 is 0. The van der Waals surface area contributed by atoms with Gasteiger partial charge in [-0.15, -0.1) is 0 Å². The zero-order chi connectivity index (χ0) is 37.2. The minimum Gasteiger partial charge on any atom is -0.491 e. The molecule has 2 aromatic carbocycles. The lowest BCUT2D eigenvalue weighted by Crippen LogP contribution is -2.54. The predicted octanol–water partition coefficient (Wildman–Crippen LogP) is 7.28. The van der Waals surface area contributed by atoms with Crippen molar-refractivity contribution in [1.82, 2.24) is 14.8 Å². The Morgan fingerprint density at radius 3 is 2.57 bits per heavy atom. The predicted molar refractivity (Wildman–Crippen MR) is 201 cm³/mol. The molecule has 1 aromatic heterocycles. The molecule has 2 aliphatic heterocycles. The second-order valence-corrected chi connectivity index (χ2v) is 17.3. The molecule has 0 spiro atoms. The zero-order valence-corrected chi connectivity index (χ0v) is 31.7. The van der Waals surface area contributed by atoms with E-state index < -0.39 is 5.82 Å². The van der Waals surface area contributed by atoms with Gasteiger partial charge >= 0.3 is 0 Å². The molecule has 6 aliphatic rings. The number of ether oxygens (including phenoxy) is 3. The number of nitrogens with one attached hydrogen (secondary N) is 1. The highest BCUT2D eigenvalue weighted by Gasteiger charge is 2.60. The summed E-state index contributed by atoms with van der Waals surface area (Å²) < 4.78 is 34.9. The van der Waals surface area contributed by atoms with Crippen LogP contribution in [0.2, 0.25) is 0 Å². The van der Waals surface area contributed by atoms with Gasteiger partial charge in [-0.3, -0.25) is 19.3 Å². The van der Waals surface area contributed by atoms with Crippen molar-refractivity contribution in [2.75, 3.05) is 38.3 Å². The van der Waals surface area contributed by atoms with Crippen LogP contribution in [0.25, 0.3) is 0 Å². The summed E-state index contributed by atoms with van der Waals surface area (Å²) in [5.74, 6) is 3.77. The first-order valence-electron chi connectivity index (χ1n) is 20.1. The minimum absolute atomic E-state index is 0.0279. The average molecular weight is 738 g/mol. The van der Waals surface area contributed by atoms with Gasteiger partial charge in [0.15, 0.2) is 5.78 Å². The number of carbonyl (C=O) groups excluding carboxylic acids is 2. The van der Waals surface area contributed by atoms with Crippen LogP contribution in [0.3, 0.4) is 0 Å². The Bertz CT molecular complexity index is 1960. The van der Waals surface area contributed by atoms with Gasteiger partial charge in [-0.1, -0.05) is 26.0 Å². The third kappa shape index (κ3) is 6.01. The van der Waals surface area contributed by atoms with E-state index in [1.54, 1.807) is 4.68 Å². The molecule has 9 atom stereocenters. The Labute approximate surface area is 316 Å². The average Bonchev–Trinajstić information content (AvgIpc) is 3.74. The number of anilines is 1. The van der Waals surface area contributed by atoms with Gasteiger partial charge in [-0.05, 0) is 109 Å².